The molecule has 3 heterocycles. The van der Waals surface area contributed by atoms with Gasteiger partial charge in [-0.15, -0.1) is 0 Å². The molecule has 0 spiro atoms. The maximum Gasteiger partial charge on any atom is 0.205 e. The molecule has 0 aromatic carbocycles. The van der Waals surface area contributed by atoms with Crippen LogP contribution in [0.15, 0.2) is 0 Å². The van der Waals surface area contributed by atoms with Gasteiger partial charge >= 0.3 is 0 Å². The lowest BCUT2D eigenvalue weighted by Crippen LogP contribution is -2.38. The van der Waals surface area contributed by atoms with Crippen molar-refractivity contribution < 1.29 is 0 Å². The lowest BCUT2D eigenvalue weighted by molar-refractivity contribution is 0.216. The van der Waals surface area contributed by atoms with E-state index >= 15 is 0 Å². The minimum absolute atomic E-state index is 0.894. The van der Waals surface area contributed by atoms with Crippen LogP contribution in [0.5, 0.6) is 0 Å². The molecule has 5 nitrogen and oxygen atoms in total. The van der Waals surface area contributed by atoms with E-state index in [2.05, 4.69) is 31.4 Å². The summed E-state index contributed by atoms with van der Waals surface area (Å²) < 4.78 is 4.42. The predicted molar refractivity (Wildman–Crippen MR) is 88.2 cm³/mol. The second-order valence-electron chi connectivity index (χ2n) is 6.18. The van der Waals surface area contributed by atoms with Crippen LogP contribution in [0.4, 0.5) is 5.13 Å². The first-order valence-corrected chi connectivity index (χ1v) is 9.13. The van der Waals surface area contributed by atoms with E-state index in [0.717, 1.165) is 36.4 Å². The summed E-state index contributed by atoms with van der Waals surface area (Å²) in [5.41, 5.74) is 0. The van der Waals surface area contributed by atoms with Gasteiger partial charge < -0.3 is 15.1 Å². The van der Waals surface area contributed by atoms with Crippen LogP contribution in [0.1, 0.15) is 32.0 Å². The van der Waals surface area contributed by atoms with Crippen LogP contribution in [-0.2, 0) is 6.42 Å². The maximum atomic E-state index is 4.64. The normalized spacial score (nSPS) is 22.4. The Kier molecular flexibility index (Phi) is 5.43. The van der Waals surface area contributed by atoms with E-state index in [9.17, 15) is 0 Å². The molecule has 0 aliphatic carbocycles. The minimum Gasteiger partial charge on any atom is -0.346 e. The van der Waals surface area contributed by atoms with Gasteiger partial charge in [0.1, 0.15) is 5.82 Å². The molecule has 2 aliphatic heterocycles. The zero-order valence-corrected chi connectivity index (χ0v) is 13.9. The van der Waals surface area contributed by atoms with E-state index in [1.165, 1.54) is 52.0 Å². The van der Waals surface area contributed by atoms with Crippen molar-refractivity contribution >= 4 is 16.7 Å². The molecule has 21 heavy (non-hydrogen) atoms. The van der Waals surface area contributed by atoms with Crippen molar-refractivity contribution in [2.24, 2.45) is 5.92 Å². The summed E-state index contributed by atoms with van der Waals surface area (Å²) in [5.74, 6) is 1.89. The minimum atomic E-state index is 0.894. The number of hydrogen-bond donors (Lipinski definition) is 1. The molecule has 0 amide bonds. The third kappa shape index (κ3) is 4.14. The van der Waals surface area contributed by atoms with Crippen LogP contribution in [0.25, 0.3) is 0 Å². The van der Waals surface area contributed by atoms with Gasteiger partial charge in [0.25, 0.3) is 0 Å². The van der Waals surface area contributed by atoms with Crippen LogP contribution in [0.3, 0.4) is 0 Å². The largest absolute Gasteiger partial charge is 0.346 e. The van der Waals surface area contributed by atoms with Crippen molar-refractivity contribution in [3.8, 4) is 0 Å². The quantitative estimate of drug-likeness (QED) is 0.915. The zero-order chi connectivity index (χ0) is 14.5. The Morgan fingerprint density at radius 2 is 2.05 bits per heavy atom. The number of hydrogen-bond acceptors (Lipinski definition) is 6. The topological polar surface area (TPSA) is 44.3 Å². The van der Waals surface area contributed by atoms with Gasteiger partial charge in [0, 0.05) is 44.1 Å². The van der Waals surface area contributed by atoms with E-state index < -0.39 is 0 Å². The van der Waals surface area contributed by atoms with Gasteiger partial charge in [-0.2, -0.15) is 4.37 Å². The summed E-state index contributed by atoms with van der Waals surface area (Å²) in [5, 5.41) is 4.58. The molecule has 3 rings (SSSR count). The van der Waals surface area contributed by atoms with Crippen molar-refractivity contribution in [2.45, 2.75) is 32.6 Å². The van der Waals surface area contributed by atoms with Gasteiger partial charge in [-0.25, -0.2) is 4.98 Å². The van der Waals surface area contributed by atoms with Gasteiger partial charge in [-0.05, 0) is 44.8 Å². The predicted octanol–water partition coefficient (Wildman–Crippen LogP) is 1.61. The number of aryl methyl sites for hydroxylation is 1. The van der Waals surface area contributed by atoms with Crippen molar-refractivity contribution in [2.75, 3.05) is 50.7 Å². The molecule has 1 aromatic heterocycles. The third-order valence-electron chi connectivity index (χ3n) is 4.61. The Labute approximate surface area is 131 Å². The standard InChI is InChI=1S/C15H27N5S/c1-2-14-17-15(21-18-14)20-9-3-8-19(10-11-20)12-13-4-6-16-7-5-13/h13,16H,2-12H2,1H3. The highest BCUT2D eigenvalue weighted by atomic mass is 32.1. The average molecular weight is 309 g/mol. The number of piperidine rings is 1. The highest BCUT2D eigenvalue weighted by Crippen LogP contribution is 2.20. The Morgan fingerprint density at radius 3 is 2.81 bits per heavy atom. The fourth-order valence-electron chi connectivity index (χ4n) is 3.29. The Balaban J connectivity index is 1.51. The van der Waals surface area contributed by atoms with Crippen molar-refractivity contribution in [3.63, 3.8) is 0 Å². The first kappa shape index (κ1) is 15.2. The van der Waals surface area contributed by atoms with E-state index in [0.29, 0.717) is 0 Å². The molecule has 1 aromatic rings. The van der Waals surface area contributed by atoms with Crippen molar-refractivity contribution in [3.05, 3.63) is 5.82 Å². The van der Waals surface area contributed by atoms with E-state index in [1.54, 1.807) is 11.5 Å². The number of nitrogens with one attached hydrogen (secondary N) is 1. The zero-order valence-electron chi connectivity index (χ0n) is 13.1. The Hall–Kier alpha value is -0.720. The van der Waals surface area contributed by atoms with Gasteiger partial charge in [0.2, 0.25) is 5.13 Å². The van der Waals surface area contributed by atoms with Crippen LogP contribution >= 0.6 is 11.5 Å². The second-order valence-corrected chi connectivity index (χ2v) is 6.91. The number of nitrogens with zero attached hydrogens (tertiary/aromatic N) is 4. The maximum absolute atomic E-state index is 4.64. The smallest absolute Gasteiger partial charge is 0.205 e. The van der Waals surface area contributed by atoms with Gasteiger partial charge in [0.15, 0.2) is 0 Å². The Bertz CT molecular complexity index is 429. The van der Waals surface area contributed by atoms with Gasteiger partial charge in [-0.1, -0.05) is 6.92 Å². The lowest BCUT2D eigenvalue weighted by atomic mass is 9.97. The summed E-state index contributed by atoms with van der Waals surface area (Å²) in [6.07, 6.45) is 4.87. The molecule has 2 fully saturated rings. The third-order valence-corrected chi connectivity index (χ3v) is 5.42. The summed E-state index contributed by atoms with van der Waals surface area (Å²) in [7, 11) is 0. The monoisotopic (exact) mass is 309 g/mol. The summed E-state index contributed by atoms with van der Waals surface area (Å²) in [6, 6.07) is 0. The molecular formula is C15H27N5S. The van der Waals surface area contributed by atoms with Crippen molar-refractivity contribution in [1.82, 2.24) is 19.6 Å². The molecule has 2 aliphatic rings. The van der Waals surface area contributed by atoms with E-state index in [1.807, 2.05) is 0 Å². The van der Waals surface area contributed by atoms with Gasteiger partial charge in [0.05, 0.1) is 0 Å². The van der Waals surface area contributed by atoms with Crippen LogP contribution in [0.2, 0.25) is 0 Å². The SMILES string of the molecule is CCc1nsc(N2CCCN(CC3CCNCC3)CC2)n1. The van der Waals surface area contributed by atoms with Crippen LogP contribution in [-0.4, -0.2) is 60.1 Å². The van der Waals surface area contributed by atoms with Crippen molar-refractivity contribution in [1.29, 1.82) is 0 Å². The molecule has 0 saturated carbocycles. The number of rotatable bonds is 4. The molecule has 0 unspecified atom stereocenters. The highest BCUT2D eigenvalue weighted by molar-refractivity contribution is 7.09. The second kappa shape index (κ2) is 7.51. The number of aromatic nitrogens is 2. The van der Waals surface area contributed by atoms with Crippen LogP contribution in [0, 0.1) is 5.92 Å². The van der Waals surface area contributed by atoms with E-state index in [4.69, 9.17) is 0 Å². The number of anilines is 1. The van der Waals surface area contributed by atoms with Crippen LogP contribution < -0.4 is 10.2 Å². The van der Waals surface area contributed by atoms with Gasteiger partial charge in [-0.3, -0.25) is 0 Å². The van der Waals surface area contributed by atoms with E-state index in [-0.39, 0.29) is 0 Å². The first-order chi connectivity index (χ1) is 10.3. The summed E-state index contributed by atoms with van der Waals surface area (Å²) in [4.78, 5) is 9.74. The molecule has 118 valence electrons. The molecule has 0 radical (unpaired) electrons. The summed E-state index contributed by atoms with van der Waals surface area (Å²) >= 11 is 1.56. The first-order valence-electron chi connectivity index (χ1n) is 8.35. The molecule has 6 heteroatoms. The Morgan fingerprint density at radius 1 is 1.19 bits per heavy atom. The fourth-order valence-corrected chi connectivity index (χ4v) is 4.09. The molecular weight excluding hydrogens is 282 g/mol. The molecule has 0 atom stereocenters. The fraction of sp³-hybridized carbons (Fsp3) is 0.867. The summed E-state index contributed by atoms with van der Waals surface area (Å²) in [6.45, 7) is 10.4. The molecule has 1 N–H and O–H groups in total. The highest BCUT2D eigenvalue weighted by Gasteiger charge is 2.21. The lowest BCUT2D eigenvalue weighted by Gasteiger charge is -2.29. The average Bonchev–Trinajstić information content (AvgIpc) is 2.89. The molecule has 2 saturated heterocycles. The molecule has 0 bridgehead atoms.